The van der Waals surface area contributed by atoms with Crippen LogP contribution < -0.4 is 9.04 Å². The van der Waals surface area contributed by atoms with Gasteiger partial charge in [0, 0.05) is 24.4 Å². The molecule has 0 saturated carbocycles. The fraction of sp³-hybridized carbons (Fsp3) is 0.375. The molecule has 1 aliphatic heterocycles. The minimum absolute atomic E-state index is 0.183. The summed E-state index contributed by atoms with van der Waals surface area (Å²) < 4.78 is 30.8. The number of methoxy groups -OCH3 is 1. The van der Waals surface area contributed by atoms with Crippen molar-refractivity contribution in [3.8, 4) is 5.75 Å². The predicted molar refractivity (Wildman–Crippen MR) is 87.0 cm³/mol. The fourth-order valence-corrected chi connectivity index (χ4v) is 4.00. The van der Waals surface area contributed by atoms with Gasteiger partial charge >= 0.3 is 0 Å². The molecule has 0 aliphatic carbocycles. The summed E-state index contributed by atoms with van der Waals surface area (Å²) in [6.45, 7) is 0.502. The molecule has 1 unspecified atom stereocenters. The van der Waals surface area contributed by atoms with Gasteiger partial charge in [-0.05, 0) is 48.7 Å². The number of aryl methyl sites for hydroxylation is 1. The van der Waals surface area contributed by atoms with Crippen molar-refractivity contribution in [2.75, 3.05) is 24.2 Å². The minimum Gasteiger partial charge on any atom is -0.497 e. The molecule has 3 rings (SSSR count). The Balaban J connectivity index is 1.89. The van der Waals surface area contributed by atoms with Crippen LogP contribution in [0.2, 0.25) is 0 Å². The van der Waals surface area contributed by atoms with Gasteiger partial charge in [-0.3, -0.25) is 4.31 Å². The van der Waals surface area contributed by atoms with Crippen molar-refractivity contribution in [1.29, 1.82) is 0 Å². The van der Waals surface area contributed by atoms with E-state index >= 15 is 0 Å². The molecule has 6 heteroatoms. The highest BCUT2D eigenvalue weighted by molar-refractivity contribution is 7.92. The smallest absolute Gasteiger partial charge is 0.232 e. The van der Waals surface area contributed by atoms with Gasteiger partial charge in [-0.2, -0.15) is 0 Å². The first kappa shape index (κ1) is 15.0. The fourth-order valence-electron chi connectivity index (χ4n) is 3.02. The van der Waals surface area contributed by atoms with Crippen molar-refractivity contribution in [3.63, 3.8) is 0 Å². The average Bonchev–Trinajstić information content (AvgIpc) is 3.11. The van der Waals surface area contributed by atoms with E-state index in [1.165, 1.54) is 16.3 Å². The Morgan fingerprint density at radius 1 is 1.36 bits per heavy atom. The van der Waals surface area contributed by atoms with Gasteiger partial charge in [0.15, 0.2) is 0 Å². The number of aromatic nitrogens is 1. The SMILES string of the molecule is COc1ccc2c(c1)C(CCc1ccc[nH]1)CN2S(C)(=O)=O. The number of H-pyrrole nitrogens is 1. The maximum Gasteiger partial charge on any atom is 0.232 e. The molecule has 2 heterocycles. The lowest BCUT2D eigenvalue weighted by Crippen LogP contribution is -2.28. The minimum atomic E-state index is -3.26. The van der Waals surface area contributed by atoms with E-state index in [-0.39, 0.29) is 5.92 Å². The van der Waals surface area contributed by atoms with Gasteiger partial charge < -0.3 is 9.72 Å². The Hall–Kier alpha value is -1.95. The molecular formula is C16H20N2O3S. The number of fused-ring (bicyclic) bond motifs is 1. The van der Waals surface area contributed by atoms with Crippen LogP contribution >= 0.6 is 0 Å². The Morgan fingerprint density at radius 2 is 2.18 bits per heavy atom. The molecule has 1 atom stereocenters. The van der Waals surface area contributed by atoms with Crippen molar-refractivity contribution in [3.05, 3.63) is 47.8 Å². The van der Waals surface area contributed by atoms with Crippen LogP contribution in [0.3, 0.4) is 0 Å². The van der Waals surface area contributed by atoms with E-state index in [9.17, 15) is 8.42 Å². The van der Waals surface area contributed by atoms with Crippen LogP contribution in [-0.2, 0) is 16.4 Å². The molecular weight excluding hydrogens is 300 g/mol. The van der Waals surface area contributed by atoms with Crippen LogP contribution in [0.5, 0.6) is 5.75 Å². The number of sulfonamides is 1. The standard InChI is InChI=1S/C16H20N2O3S/c1-21-14-7-8-16-15(10-14)12(11-18(16)22(2,19)20)5-6-13-4-3-9-17-13/h3-4,7-10,12,17H,5-6,11H2,1-2H3. The molecule has 0 bridgehead atoms. The zero-order valence-corrected chi connectivity index (χ0v) is 13.6. The topological polar surface area (TPSA) is 62.4 Å². The van der Waals surface area contributed by atoms with Crippen molar-refractivity contribution in [2.24, 2.45) is 0 Å². The van der Waals surface area contributed by atoms with Gasteiger partial charge in [0.2, 0.25) is 10.0 Å². The van der Waals surface area contributed by atoms with Crippen molar-refractivity contribution < 1.29 is 13.2 Å². The molecule has 1 N–H and O–H groups in total. The summed E-state index contributed by atoms with van der Waals surface area (Å²) >= 11 is 0. The summed E-state index contributed by atoms with van der Waals surface area (Å²) in [6, 6.07) is 9.63. The average molecular weight is 320 g/mol. The zero-order chi connectivity index (χ0) is 15.7. The summed E-state index contributed by atoms with van der Waals surface area (Å²) in [6.07, 6.45) is 4.96. The molecule has 0 fully saturated rings. The number of nitrogens with one attached hydrogen (secondary N) is 1. The van der Waals surface area contributed by atoms with E-state index in [4.69, 9.17) is 4.74 Å². The quantitative estimate of drug-likeness (QED) is 0.921. The molecule has 1 aromatic heterocycles. The second-order valence-electron chi connectivity index (χ2n) is 5.65. The molecule has 2 aromatic rings. The highest BCUT2D eigenvalue weighted by Gasteiger charge is 2.33. The molecule has 0 radical (unpaired) electrons. The Morgan fingerprint density at radius 3 is 2.82 bits per heavy atom. The van der Waals surface area contributed by atoms with Crippen LogP contribution in [0.15, 0.2) is 36.5 Å². The number of ether oxygens (including phenoxy) is 1. The molecule has 1 aromatic carbocycles. The number of rotatable bonds is 5. The molecule has 0 spiro atoms. The van der Waals surface area contributed by atoms with E-state index in [1.807, 2.05) is 30.5 Å². The molecule has 22 heavy (non-hydrogen) atoms. The van der Waals surface area contributed by atoms with Crippen molar-refractivity contribution in [2.45, 2.75) is 18.8 Å². The summed E-state index contributed by atoms with van der Waals surface area (Å²) in [4.78, 5) is 3.19. The van der Waals surface area contributed by atoms with E-state index in [0.29, 0.717) is 6.54 Å². The number of nitrogens with zero attached hydrogens (tertiary/aromatic N) is 1. The lowest BCUT2D eigenvalue weighted by atomic mass is 9.95. The van der Waals surface area contributed by atoms with E-state index in [0.717, 1.165) is 29.8 Å². The first-order chi connectivity index (χ1) is 10.5. The van der Waals surface area contributed by atoms with Crippen LogP contribution in [0.1, 0.15) is 23.6 Å². The maximum atomic E-state index is 12.0. The second kappa shape index (κ2) is 5.68. The van der Waals surface area contributed by atoms with Gasteiger partial charge in [-0.25, -0.2) is 8.42 Å². The summed E-state index contributed by atoms with van der Waals surface area (Å²) in [5, 5.41) is 0. The normalized spacial score (nSPS) is 17.5. The summed E-state index contributed by atoms with van der Waals surface area (Å²) in [5.41, 5.74) is 3.00. The van der Waals surface area contributed by atoms with Gasteiger partial charge in [-0.15, -0.1) is 0 Å². The highest BCUT2D eigenvalue weighted by Crippen LogP contribution is 2.41. The number of hydrogen-bond donors (Lipinski definition) is 1. The Labute approximate surface area is 131 Å². The van der Waals surface area contributed by atoms with Gasteiger partial charge in [0.25, 0.3) is 0 Å². The highest BCUT2D eigenvalue weighted by atomic mass is 32.2. The Kier molecular flexibility index (Phi) is 3.87. The lowest BCUT2D eigenvalue weighted by molar-refractivity contribution is 0.414. The van der Waals surface area contributed by atoms with E-state index in [2.05, 4.69) is 11.1 Å². The van der Waals surface area contributed by atoms with E-state index in [1.54, 1.807) is 7.11 Å². The first-order valence-corrected chi connectivity index (χ1v) is 9.12. The first-order valence-electron chi connectivity index (χ1n) is 7.27. The predicted octanol–water partition coefficient (Wildman–Crippen LogP) is 2.52. The van der Waals surface area contributed by atoms with Crippen LogP contribution in [0.4, 0.5) is 5.69 Å². The summed E-state index contributed by atoms with van der Waals surface area (Å²) in [5.74, 6) is 0.946. The number of benzene rings is 1. The largest absolute Gasteiger partial charge is 0.497 e. The third-order valence-electron chi connectivity index (χ3n) is 4.15. The van der Waals surface area contributed by atoms with Gasteiger partial charge in [0.05, 0.1) is 19.1 Å². The Bertz CT molecular complexity index is 754. The van der Waals surface area contributed by atoms with Gasteiger partial charge in [-0.1, -0.05) is 0 Å². The van der Waals surface area contributed by atoms with Crippen LogP contribution in [0.25, 0.3) is 0 Å². The number of hydrogen-bond acceptors (Lipinski definition) is 3. The molecule has 118 valence electrons. The molecule has 1 aliphatic rings. The third-order valence-corrected chi connectivity index (χ3v) is 5.30. The second-order valence-corrected chi connectivity index (χ2v) is 7.56. The zero-order valence-electron chi connectivity index (χ0n) is 12.7. The molecule has 5 nitrogen and oxygen atoms in total. The van der Waals surface area contributed by atoms with Crippen LogP contribution in [0, 0.1) is 0 Å². The van der Waals surface area contributed by atoms with Gasteiger partial charge in [0.1, 0.15) is 5.75 Å². The van der Waals surface area contributed by atoms with E-state index < -0.39 is 10.0 Å². The maximum absolute atomic E-state index is 12.0. The molecule has 0 amide bonds. The number of aromatic amines is 1. The summed E-state index contributed by atoms with van der Waals surface area (Å²) in [7, 11) is -1.63. The van der Waals surface area contributed by atoms with Crippen LogP contribution in [-0.4, -0.2) is 33.3 Å². The van der Waals surface area contributed by atoms with Crippen molar-refractivity contribution in [1.82, 2.24) is 4.98 Å². The third kappa shape index (κ3) is 2.83. The number of anilines is 1. The lowest BCUT2D eigenvalue weighted by Gasteiger charge is -2.17. The molecule has 0 saturated heterocycles. The monoisotopic (exact) mass is 320 g/mol. The van der Waals surface area contributed by atoms with Crippen molar-refractivity contribution >= 4 is 15.7 Å².